The Morgan fingerprint density at radius 1 is 0.826 bits per heavy atom. The summed E-state index contributed by atoms with van der Waals surface area (Å²) < 4.78 is 0. The SMILES string of the molecule is CCCC(C)C1=[C-]CC=C1.CCCC(C)C1=[C-]CC=C1.[Br-].[Br-].[Ti+4]. The molecule has 0 radical (unpaired) electrons. The van der Waals surface area contributed by atoms with Crippen molar-refractivity contribution in [1.82, 2.24) is 0 Å². The topological polar surface area (TPSA) is 0 Å². The van der Waals surface area contributed by atoms with Gasteiger partial charge in [0.15, 0.2) is 0 Å². The van der Waals surface area contributed by atoms with Gasteiger partial charge in [-0.3, -0.25) is 12.2 Å². The molecule has 0 saturated heterocycles. The second-order valence-corrected chi connectivity index (χ2v) is 5.86. The standard InChI is InChI=1S/2C10H15.2BrH.Ti/c2*1-3-6-9(2)10-7-4-5-8-10;;;/h2*4,7,9H,3,5-6H2,1-2H3;2*1H;/q2*-1;;;+4/p-2. The Bertz CT molecular complexity index is 356. The van der Waals surface area contributed by atoms with Crippen LogP contribution >= 0.6 is 0 Å². The van der Waals surface area contributed by atoms with Crippen LogP contribution in [0.3, 0.4) is 0 Å². The number of rotatable bonds is 6. The van der Waals surface area contributed by atoms with Gasteiger partial charge in [0.05, 0.1) is 0 Å². The first kappa shape index (κ1) is 28.4. The molecule has 0 aliphatic heterocycles. The van der Waals surface area contributed by atoms with E-state index in [-0.39, 0.29) is 55.7 Å². The van der Waals surface area contributed by atoms with Gasteiger partial charge in [0.2, 0.25) is 0 Å². The molecule has 0 aromatic rings. The van der Waals surface area contributed by atoms with Crippen molar-refractivity contribution in [3.05, 3.63) is 47.6 Å². The molecule has 0 spiro atoms. The van der Waals surface area contributed by atoms with E-state index in [1.54, 1.807) is 0 Å². The zero-order chi connectivity index (χ0) is 14.8. The van der Waals surface area contributed by atoms with Gasteiger partial charge in [-0.15, -0.1) is 12.8 Å². The summed E-state index contributed by atoms with van der Waals surface area (Å²) in [6.45, 7) is 9.02. The molecule has 2 aliphatic carbocycles. The Labute approximate surface area is 180 Å². The quantitative estimate of drug-likeness (QED) is 0.379. The van der Waals surface area contributed by atoms with Crippen LogP contribution in [0.5, 0.6) is 0 Å². The molecule has 0 saturated carbocycles. The van der Waals surface area contributed by atoms with Crippen LogP contribution in [0.15, 0.2) is 35.5 Å². The predicted molar refractivity (Wildman–Crippen MR) is 89.2 cm³/mol. The molecule has 0 bridgehead atoms. The van der Waals surface area contributed by atoms with Gasteiger partial charge in [-0.2, -0.15) is 12.2 Å². The van der Waals surface area contributed by atoms with E-state index in [0.717, 1.165) is 24.7 Å². The summed E-state index contributed by atoms with van der Waals surface area (Å²) in [5.74, 6) is 1.45. The number of hydrogen-bond acceptors (Lipinski definition) is 0. The van der Waals surface area contributed by atoms with Crippen LogP contribution in [0.25, 0.3) is 0 Å². The summed E-state index contributed by atoms with van der Waals surface area (Å²) in [4.78, 5) is 0. The molecule has 128 valence electrons. The second kappa shape index (κ2) is 17.5. The zero-order valence-corrected chi connectivity index (χ0v) is 19.7. The average molecular weight is 478 g/mol. The Kier molecular flexibility index (Phi) is 21.6. The zero-order valence-electron chi connectivity index (χ0n) is 15.0. The van der Waals surface area contributed by atoms with E-state index < -0.39 is 0 Å². The van der Waals surface area contributed by atoms with Crippen molar-refractivity contribution >= 4 is 0 Å². The maximum Gasteiger partial charge on any atom is 4.00 e. The molecule has 2 aliphatic rings. The molecule has 2 rings (SSSR count). The van der Waals surface area contributed by atoms with E-state index >= 15 is 0 Å². The first-order valence-electron chi connectivity index (χ1n) is 8.23. The van der Waals surface area contributed by atoms with Crippen LogP contribution in [-0.2, 0) is 21.7 Å². The first-order valence-corrected chi connectivity index (χ1v) is 8.23. The Hall–Kier alpha value is 0.634. The molecule has 2 atom stereocenters. The normalized spacial score (nSPS) is 16.7. The fraction of sp³-hybridized carbons (Fsp3) is 0.600. The summed E-state index contributed by atoms with van der Waals surface area (Å²) in [7, 11) is 0. The number of allylic oxidation sites excluding steroid dienone is 8. The molecule has 23 heavy (non-hydrogen) atoms. The summed E-state index contributed by atoms with van der Waals surface area (Å²) >= 11 is 0. The van der Waals surface area contributed by atoms with Crippen molar-refractivity contribution in [3.63, 3.8) is 0 Å². The third-order valence-corrected chi connectivity index (χ3v) is 3.95. The van der Waals surface area contributed by atoms with Crippen molar-refractivity contribution in [2.75, 3.05) is 0 Å². The maximum absolute atomic E-state index is 3.35. The van der Waals surface area contributed by atoms with Crippen LogP contribution < -0.4 is 34.0 Å². The smallest absolute Gasteiger partial charge is 1.00 e. The van der Waals surface area contributed by atoms with Crippen LogP contribution in [0, 0.1) is 24.0 Å². The van der Waals surface area contributed by atoms with Crippen LogP contribution in [0.2, 0.25) is 0 Å². The van der Waals surface area contributed by atoms with E-state index in [1.807, 2.05) is 0 Å². The van der Waals surface area contributed by atoms with E-state index in [1.165, 1.54) is 36.8 Å². The van der Waals surface area contributed by atoms with Crippen molar-refractivity contribution < 1.29 is 55.7 Å². The molecule has 0 heterocycles. The molecular weight excluding hydrogens is 448 g/mol. The molecule has 0 aromatic carbocycles. The minimum absolute atomic E-state index is 0. The van der Waals surface area contributed by atoms with E-state index in [4.69, 9.17) is 0 Å². The molecule has 2 unspecified atom stereocenters. The third kappa shape index (κ3) is 11.8. The van der Waals surface area contributed by atoms with Crippen LogP contribution in [0.4, 0.5) is 0 Å². The van der Waals surface area contributed by atoms with Crippen molar-refractivity contribution in [3.8, 4) is 0 Å². The Balaban J connectivity index is -0.000000308. The first-order chi connectivity index (χ1) is 9.69. The number of halogens is 2. The van der Waals surface area contributed by atoms with Gasteiger partial charge in [-0.05, 0) is 12.8 Å². The summed E-state index contributed by atoms with van der Waals surface area (Å²) in [6.07, 6.45) is 22.7. The monoisotopic (exact) mass is 476 g/mol. The van der Waals surface area contributed by atoms with Gasteiger partial charge in [-0.25, -0.2) is 23.3 Å². The number of hydrogen-bond donors (Lipinski definition) is 0. The Morgan fingerprint density at radius 3 is 1.39 bits per heavy atom. The van der Waals surface area contributed by atoms with Crippen LogP contribution in [-0.4, -0.2) is 0 Å². The summed E-state index contributed by atoms with van der Waals surface area (Å²) in [6, 6.07) is 0. The largest absolute Gasteiger partial charge is 4.00 e. The van der Waals surface area contributed by atoms with Gasteiger partial charge in [-0.1, -0.05) is 52.4 Å². The Morgan fingerprint density at radius 2 is 1.17 bits per heavy atom. The molecule has 0 nitrogen and oxygen atoms in total. The molecular formula is C20H30Br2Ti. The summed E-state index contributed by atoms with van der Waals surface area (Å²) in [5.41, 5.74) is 2.84. The minimum Gasteiger partial charge on any atom is -1.00 e. The molecule has 0 fully saturated rings. The molecule has 0 N–H and O–H groups in total. The fourth-order valence-electron chi connectivity index (χ4n) is 2.70. The van der Waals surface area contributed by atoms with Gasteiger partial charge >= 0.3 is 21.7 Å². The van der Waals surface area contributed by atoms with Gasteiger partial charge in [0.1, 0.15) is 0 Å². The van der Waals surface area contributed by atoms with E-state index in [0.29, 0.717) is 0 Å². The summed E-state index contributed by atoms with van der Waals surface area (Å²) in [5, 5.41) is 0. The van der Waals surface area contributed by atoms with Gasteiger partial charge < -0.3 is 34.0 Å². The van der Waals surface area contributed by atoms with Crippen molar-refractivity contribution in [2.24, 2.45) is 11.8 Å². The van der Waals surface area contributed by atoms with Gasteiger partial charge in [0.25, 0.3) is 0 Å². The average Bonchev–Trinajstić information content (AvgIpc) is 3.14. The van der Waals surface area contributed by atoms with Crippen molar-refractivity contribution in [2.45, 2.75) is 66.2 Å². The fourth-order valence-corrected chi connectivity index (χ4v) is 2.70. The molecule has 0 amide bonds. The predicted octanol–water partition coefficient (Wildman–Crippen LogP) is 0.230. The maximum atomic E-state index is 3.35. The molecule has 3 heteroatoms. The van der Waals surface area contributed by atoms with E-state index in [9.17, 15) is 0 Å². The minimum atomic E-state index is 0. The van der Waals surface area contributed by atoms with Gasteiger partial charge in [0, 0.05) is 0 Å². The second-order valence-electron chi connectivity index (χ2n) is 5.86. The third-order valence-electron chi connectivity index (χ3n) is 3.95. The van der Waals surface area contributed by atoms with Crippen LogP contribution in [0.1, 0.15) is 66.2 Å². The van der Waals surface area contributed by atoms with E-state index in [2.05, 4.69) is 64.2 Å². The van der Waals surface area contributed by atoms with Crippen molar-refractivity contribution in [1.29, 1.82) is 0 Å². The molecule has 0 aromatic heterocycles.